The van der Waals surface area contributed by atoms with Crippen molar-refractivity contribution in [2.24, 2.45) is 0 Å². The number of hydrogen-bond acceptors (Lipinski definition) is 2. The summed E-state index contributed by atoms with van der Waals surface area (Å²) in [6.07, 6.45) is 5.21. The second-order valence-electron chi connectivity index (χ2n) is 2.83. The van der Waals surface area contributed by atoms with Crippen LogP contribution in [0.2, 0.25) is 0 Å². The molecule has 0 aromatic rings. The van der Waals surface area contributed by atoms with Gasteiger partial charge in [-0.1, -0.05) is 26.2 Å². The van der Waals surface area contributed by atoms with Gasteiger partial charge in [-0.2, -0.15) is 0 Å². The molecule has 0 aromatic carbocycles. The lowest BCUT2D eigenvalue weighted by Gasteiger charge is -1.95. The van der Waals surface area contributed by atoms with Crippen molar-refractivity contribution in [3.63, 3.8) is 0 Å². The quantitative estimate of drug-likeness (QED) is 0.574. The molecule has 0 fully saturated rings. The maximum Gasteiger partial charge on any atom is 0.0462 e. The number of unbranched alkanes of at least 4 members (excludes halogenated alkanes) is 3. The second kappa shape index (κ2) is 17.9. The summed E-state index contributed by atoms with van der Waals surface area (Å²) in [7, 11) is 1.76. The van der Waals surface area contributed by atoms with Crippen LogP contribution in [0.1, 0.15) is 46.5 Å². The fourth-order valence-electron chi connectivity index (χ4n) is 0.877. The van der Waals surface area contributed by atoms with Crippen LogP contribution >= 0.6 is 0 Å². The molecule has 82 valence electrons. The van der Waals surface area contributed by atoms with Gasteiger partial charge in [0.1, 0.15) is 0 Å². The molecule has 0 amide bonds. The molecule has 2 heteroatoms. The summed E-state index contributed by atoms with van der Waals surface area (Å²) in [5.41, 5.74) is 0. The molecule has 0 saturated heterocycles. The Morgan fingerprint density at radius 2 is 1.46 bits per heavy atom. The molecule has 0 saturated carbocycles. The van der Waals surface area contributed by atoms with E-state index in [9.17, 15) is 0 Å². The molecule has 0 atom stereocenters. The van der Waals surface area contributed by atoms with Crippen molar-refractivity contribution in [2.75, 3.05) is 26.9 Å². The van der Waals surface area contributed by atoms with Crippen LogP contribution in [0.15, 0.2) is 0 Å². The highest BCUT2D eigenvalue weighted by Crippen LogP contribution is 1.97. The van der Waals surface area contributed by atoms with Crippen molar-refractivity contribution in [2.45, 2.75) is 46.5 Å². The van der Waals surface area contributed by atoms with Gasteiger partial charge in [0.05, 0.1) is 0 Å². The van der Waals surface area contributed by atoms with E-state index < -0.39 is 0 Å². The zero-order valence-electron chi connectivity index (χ0n) is 9.77. The highest BCUT2D eigenvalue weighted by Gasteiger charge is 1.83. The zero-order valence-corrected chi connectivity index (χ0v) is 9.77. The van der Waals surface area contributed by atoms with Crippen LogP contribution in [0.25, 0.3) is 0 Å². The minimum Gasteiger partial charge on any atom is -0.385 e. The first-order valence-electron chi connectivity index (χ1n) is 5.40. The molecule has 13 heavy (non-hydrogen) atoms. The summed E-state index contributed by atoms with van der Waals surface area (Å²) in [6.45, 7) is 8.81. The average molecular weight is 190 g/mol. The minimum absolute atomic E-state index is 0.844. The molecule has 0 aliphatic carbocycles. The Hall–Kier alpha value is -0.0800. The molecule has 0 N–H and O–H groups in total. The summed E-state index contributed by atoms with van der Waals surface area (Å²) < 4.78 is 9.72. The number of rotatable bonds is 7. The predicted octanol–water partition coefficient (Wildman–Crippen LogP) is 3.26. The lowest BCUT2D eigenvalue weighted by Crippen LogP contribution is -1.86. The van der Waals surface area contributed by atoms with Gasteiger partial charge in [-0.15, -0.1) is 0 Å². The van der Waals surface area contributed by atoms with Gasteiger partial charge in [-0.3, -0.25) is 0 Å². The lowest BCUT2D eigenvalue weighted by atomic mass is 10.2. The first-order valence-corrected chi connectivity index (χ1v) is 5.40. The number of ether oxygens (including phenoxy) is 2. The van der Waals surface area contributed by atoms with Crippen molar-refractivity contribution in [3.05, 3.63) is 0 Å². The lowest BCUT2D eigenvalue weighted by molar-refractivity contribution is 0.162. The standard InChI is InChI=1S/C7H16O.C4H10O/c1-3-4-5-6-7-8-2;1-3-5-4-2/h3-7H2,1-2H3;3-4H2,1-2H3. The molecule has 0 aliphatic heterocycles. The Balaban J connectivity index is 0. The third-order valence-electron chi connectivity index (χ3n) is 1.61. The summed E-state index contributed by atoms with van der Waals surface area (Å²) in [5, 5.41) is 0. The highest BCUT2D eigenvalue weighted by atomic mass is 16.5. The third-order valence-corrected chi connectivity index (χ3v) is 1.61. The summed E-state index contributed by atoms with van der Waals surface area (Å²) >= 11 is 0. The van der Waals surface area contributed by atoms with Crippen LogP contribution in [-0.2, 0) is 9.47 Å². The zero-order chi connectivity index (χ0) is 10.4. The van der Waals surface area contributed by atoms with Crippen LogP contribution in [-0.4, -0.2) is 26.9 Å². The van der Waals surface area contributed by atoms with E-state index in [4.69, 9.17) is 9.47 Å². The molecular formula is C11H26O2. The summed E-state index contributed by atoms with van der Waals surface area (Å²) in [6, 6.07) is 0. The van der Waals surface area contributed by atoms with Gasteiger partial charge < -0.3 is 9.47 Å². The van der Waals surface area contributed by atoms with Crippen LogP contribution in [0, 0.1) is 0 Å². The molecule has 0 aromatic heterocycles. The molecule has 0 aliphatic rings. The molecule has 0 bridgehead atoms. The van der Waals surface area contributed by atoms with E-state index in [-0.39, 0.29) is 0 Å². The van der Waals surface area contributed by atoms with Crippen LogP contribution in [0.4, 0.5) is 0 Å². The maximum absolute atomic E-state index is 4.89. The highest BCUT2D eigenvalue weighted by molar-refractivity contribution is 4.37. The molecule has 0 unspecified atom stereocenters. The first-order chi connectivity index (χ1) is 6.33. The van der Waals surface area contributed by atoms with E-state index in [0.717, 1.165) is 19.8 Å². The smallest absolute Gasteiger partial charge is 0.0462 e. The van der Waals surface area contributed by atoms with Gasteiger partial charge in [0.15, 0.2) is 0 Å². The van der Waals surface area contributed by atoms with Crippen LogP contribution in [0.5, 0.6) is 0 Å². The van der Waals surface area contributed by atoms with Gasteiger partial charge >= 0.3 is 0 Å². The van der Waals surface area contributed by atoms with E-state index in [1.165, 1.54) is 25.7 Å². The number of methoxy groups -OCH3 is 1. The molecule has 2 nitrogen and oxygen atoms in total. The molecule has 0 spiro atoms. The Labute approximate surface area is 83.6 Å². The second-order valence-corrected chi connectivity index (χ2v) is 2.83. The largest absolute Gasteiger partial charge is 0.385 e. The Morgan fingerprint density at radius 3 is 1.77 bits per heavy atom. The Morgan fingerprint density at radius 1 is 0.846 bits per heavy atom. The van der Waals surface area contributed by atoms with E-state index in [1.54, 1.807) is 7.11 Å². The molecule has 0 rings (SSSR count). The van der Waals surface area contributed by atoms with Gasteiger partial charge in [0.2, 0.25) is 0 Å². The Kier molecular flexibility index (Phi) is 21.2. The van der Waals surface area contributed by atoms with Gasteiger partial charge in [0.25, 0.3) is 0 Å². The molecule has 0 heterocycles. The van der Waals surface area contributed by atoms with Crippen molar-refractivity contribution in [3.8, 4) is 0 Å². The SMILES string of the molecule is CCCCCCOC.CCOCC. The monoisotopic (exact) mass is 190 g/mol. The van der Waals surface area contributed by atoms with Gasteiger partial charge in [0, 0.05) is 26.9 Å². The van der Waals surface area contributed by atoms with Crippen LogP contribution in [0.3, 0.4) is 0 Å². The van der Waals surface area contributed by atoms with Crippen molar-refractivity contribution < 1.29 is 9.47 Å². The Bertz CT molecular complexity index is 57.1. The van der Waals surface area contributed by atoms with Gasteiger partial charge in [-0.25, -0.2) is 0 Å². The molecule has 0 radical (unpaired) electrons. The summed E-state index contributed by atoms with van der Waals surface area (Å²) in [4.78, 5) is 0. The van der Waals surface area contributed by atoms with Crippen molar-refractivity contribution >= 4 is 0 Å². The predicted molar refractivity (Wildman–Crippen MR) is 58.2 cm³/mol. The van der Waals surface area contributed by atoms with E-state index >= 15 is 0 Å². The third kappa shape index (κ3) is 24.5. The van der Waals surface area contributed by atoms with Crippen LogP contribution < -0.4 is 0 Å². The maximum atomic E-state index is 4.89. The normalized spacial score (nSPS) is 9.23. The van der Waals surface area contributed by atoms with Gasteiger partial charge in [-0.05, 0) is 20.3 Å². The van der Waals surface area contributed by atoms with E-state index in [0.29, 0.717) is 0 Å². The van der Waals surface area contributed by atoms with E-state index in [2.05, 4.69) is 6.92 Å². The van der Waals surface area contributed by atoms with Crippen molar-refractivity contribution in [1.82, 2.24) is 0 Å². The first kappa shape index (κ1) is 15.4. The van der Waals surface area contributed by atoms with Crippen molar-refractivity contribution in [1.29, 1.82) is 0 Å². The fourth-order valence-corrected chi connectivity index (χ4v) is 0.877. The average Bonchev–Trinajstić information content (AvgIpc) is 2.15. The molecular weight excluding hydrogens is 164 g/mol. The minimum atomic E-state index is 0.844. The number of hydrogen-bond donors (Lipinski definition) is 0. The summed E-state index contributed by atoms with van der Waals surface area (Å²) in [5.74, 6) is 0. The fraction of sp³-hybridized carbons (Fsp3) is 1.00. The topological polar surface area (TPSA) is 18.5 Å². The van der Waals surface area contributed by atoms with E-state index in [1.807, 2.05) is 13.8 Å².